The number of halogens is 1. The van der Waals surface area contributed by atoms with E-state index in [2.05, 4.69) is 15.7 Å². The van der Waals surface area contributed by atoms with Gasteiger partial charge >= 0.3 is 0 Å². The van der Waals surface area contributed by atoms with Gasteiger partial charge in [0.1, 0.15) is 5.82 Å². The van der Waals surface area contributed by atoms with Crippen LogP contribution in [-0.2, 0) is 11.2 Å². The third-order valence-corrected chi connectivity index (χ3v) is 3.37. The number of benzene rings is 1. The molecule has 1 amide bonds. The van der Waals surface area contributed by atoms with Crippen LogP contribution in [0.1, 0.15) is 12.6 Å². The third-order valence-electron chi connectivity index (χ3n) is 3.37. The summed E-state index contributed by atoms with van der Waals surface area (Å²) in [4.78, 5) is 11.8. The minimum absolute atomic E-state index is 0.0346. The van der Waals surface area contributed by atoms with Crippen LogP contribution in [0.4, 0.5) is 4.39 Å². The lowest BCUT2D eigenvalue weighted by Gasteiger charge is -2.10. The predicted octanol–water partition coefficient (Wildman–Crippen LogP) is 1.53. The summed E-state index contributed by atoms with van der Waals surface area (Å²) in [6.45, 7) is 3.09. The molecule has 2 aromatic rings. The summed E-state index contributed by atoms with van der Waals surface area (Å²) in [5.41, 5.74) is 1.69. The fourth-order valence-corrected chi connectivity index (χ4v) is 2.12. The Kier molecular flexibility index (Phi) is 5.66. The van der Waals surface area contributed by atoms with Crippen LogP contribution in [0.25, 0.3) is 5.69 Å². The van der Waals surface area contributed by atoms with Crippen LogP contribution in [-0.4, -0.2) is 35.8 Å². The summed E-state index contributed by atoms with van der Waals surface area (Å²) in [6, 6.07) is 8.05. The molecule has 1 unspecified atom stereocenters. The van der Waals surface area contributed by atoms with E-state index in [9.17, 15) is 9.18 Å². The van der Waals surface area contributed by atoms with Crippen molar-refractivity contribution >= 4 is 5.91 Å². The van der Waals surface area contributed by atoms with Crippen molar-refractivity contribution in [3.63, 3.8) is 0 Å². The molecule has 0 fully saturated rings. The van der Waals surface area contributed by atoms with Gasteiger partial charge in [0.25, 0.3) is 0 Å². The zero-order chi connectivity index (χ0) is 15.9. The number of carbonyl (C=O) groups excluding carboxylic acids is 1. The van der Waals surface area contributed by atoms with Gasteiger partial charge in [-0.15, -0.1) is 0 Å². The molecule has 1 aromatic heterocycles. The largest absolute Gasteiger partial charge is 0.355 e. The van der Waals surface area contributed by atoms with Crippen molar-refractivity contribution in [2.75, 3.05) is 20.1 Å². The number of nitrogens with one attached hydrogen (secondary N) is 2. The summed E-state index contributed by atoms with van der Waals surface area (Å²) in [5, 5.41) is 10.3. The SMILES string of the molecule is CNCC(C)C(=O)NCCc1ccn(-c2ccc(F)cc2)n1. The Bertz CT molecular complexity index is 609. The maximum Gasteiger partial charge on any atom is 0.224 e. The number of rotatable bonds is 7. The minimum atomic E-state index is -0.269. The van der Waals surface area contributed by atoms with E-state index in [1.54, 1.807) is 16.8 Å². The zero-order valence-electron chi connectivity index (χ0n) is 12.8. The van der Waals surface area contributed by atoms with E-state index in [1.165, 1.54) is 12.1 Å². The van der Waals surface area contributed by atoms with E-state index >= 15 is 0 Å². The molecule has 0 bridgehead atoms. The molecule has 0 aliphatic rings. The average Bonchev–Trinajstić information content (AvgIpc) is 2.97. The second-order valence-electron chi connectivity index (χ2n) is 5.23. The van der Waals surface area contributed by atoms with Gasteiger partial charge in [-0.05, 0) is 37.4 Å². The zero-order valence-corrected chi connectivity index (χ0v) is 12.8. The predicted molar refractivity (Wildman–Crippen MR) is 83.3 cm³/mol. The summed E-state index contributed by atoms with van der Waals surface area (Å²) in [6.07, 6.45) is 2.49. The molecule has 1 heterocycles. The summed E-state index contributed by atoms with van der Waals surface area (Å²) in [7, 11) is 1.83. The first kappa shape index (κ1) is 16.2. The Hall–Kier alpha value is -2.21. The van der Waals surface area contributed by atoms with E-state index in [0.717, 1.165) is 11.4 Å². The molecular formula is C16H21FN4O. The van der Waals surface area contributed by atoms with Gasteiger partial charge in [0.2, 0.25) is 5.91 Å². The van der Waals surface area contributed by atoms with E-state index in [4.69, 9.17) is 0 Å². The van der Waals surface area contributed by atoms with Gasteiger partial charge in [0, 0.05) is 31.6 Å². The molecule has 5 nitrogen and oxygen atoms in total. The Morgan fingerprint density at radius 1 is 1.32 bits per heavy atom. The Morgan fingerprint density at radius 3 is 2.73 bits per heavy atom. The molecule has 2 N–H and O–H groups in total. The van der Waals surface area contributed by atoms with E-state index < -0.39 is 0 Å². The highest BCUT2D eigenvalue weighted by atomic mass is 19.1. The van der Waals surface area contributed by atoms with Crippen LogP contribution in [0.3, 0.4) is 0 Å². The molecule has 0 saturated carbocycles. The Labute approximate surface area is 129 Å². The van der Waals surface area contributed by atoms with Gasteiger partial charge in [-0.1, -0.05) is 6.92 Å². The molecule has 22 heavy (non-hydrogen) atoms. The first-order valence-electron chi connectivity index (χ1n) is 7.33. The highest BCUT2D eigenvalue weighted by Crippen LogP contribution is 2.09. The van der Waals surface area contributed by atoms with Crippen molar-refractivity contribution in [1.29, 1.82) is 0 Å². The highest BCUT2D eigenvalue weighted by Gasteiger charge is 2.11. The quantitative estimate of drug-likeness (QED) is 0.815. The van der Waals surface area contributed by atoms with Gasteiger partial charge in [-0.2, -0.15) is 5.10 Å². The standard InChI is InChI=1S/C16H21FN4O/c1-12(11-18-2)16(22)19-9-7-14-8-10-21(20-14)15-5-3-13(17)4-6-15/h3-6,8,10,12,18H,7,9,11H2,1-2H3,(H,19,22). The first-order chi connectivity index (χ1) is 10.6. The van der Waals surface area contributed by atoms with Gasteiger partial charge in [0.05, 0.1) is 11.4 Å². The average molecular weight is 304 g/mol. The van der Waals surface area contributed by atoms with Gasteiger partial charge in [-0.25, -0.2) is 9.07 Å². The molecule has 0 aliphatic carbocycles. The summed E-state index contributed by atoms with van der Waals surface area (Å²) in [5.74, 6) is -0.288. The molecule has 0 saturated heterocycles. The van der Waals surface area contributed by atoms with Crippen LogP contribution < -0.4 is 10.6 Å². The lowest BCUT2D eigenvalue weighted by molar-refractivity contribution is -0.124. The number of hydrogen-bond donors (Lipinski definition) is 2. The van der Waals surface area contributed by atoms with Crippen molar-refractivity contribution in [1.82, 2.24) is 20.4 Å². The number of carbonyl (C=O) groups is 1. The molecule has 0 spiro atoms. The van der Waals surface area contributed by atoms with E-state index in [0.29, 0.717) is 19.5 Å². The number of nitrogens with zero attached hydrogens (tertiary/aromatic N) is 2. The normalized spacial score (nSPS) is 12.1. The van der Waals surface area contributed by atoms with Crippen molar-refractivity contribution in [3.05, 3.63) is 48.0 Å². The second-order valence-corrected chi connectivity index (χ2v) is 5.23. The molecule has 0 radical (unpaired) electrons. The van der Waals surface area contributed by atoms with Crippen molar-refractivity contribution in [2.24, 2.45) is 5.92 Å². The molecule has 118 valence electrons. The van der Waals surface area contributed by atoms with Crippen LogP contribution in [0.15, 0.2) is 36.5 Å². The summed E-state index contributed by atoms with van der Waals surface area (Å²) < 4.78 is 14.6. The van der Waals surface area contributed by atoms with E-state index in [-0.39, 0.29) is 17.6 Å². The molecular weight excluding hydrogens is 283 g/mol. The monoisotopic (exact) mass is 304 g/mol. The lowest BCUT2D eigenvalue weighted by Crippen LogP contribution is -2.35. The van der Waals surface area contributed by atoms with Crippen molar-refractivity contribution < 1.29 is 9.18 Å². The smallest absolute Gasteiger partial charge is 0.224 e. The van der Waals surface area contributed by atoms with Crippen LogP contribution in [0, 0.1) is 11.7 Å². The van der Waals surface area contributed by atoms with E-state index in [1.807, 2.05) is 26.2 Å². The second kappa shape index (κ2) is 7.70. The first-order valence-corrected chi connectivity index (χ1v) is 7.33. The molecule has 6 heteroatoms. The number of amides is 1. The minimum Gasteiger partial charge on any atom is -0.355 e. The number of hydrogen-bond acceptors (Lipinski definition) is 3. The number of aromatic nitrogens is 2. The molecule has 0 aliphatic heterocycles. The highest BCUT2D eigenvalue weighted by molar-refractivity contribution is 5.78. The fourth-order valence-electron chi connectivity index (χ4n) is 2.12. The Morgan fingerprint density at radius 2 is 2.05 bits per heavy atom. The Balaban J connectivity index is 1.85. The topological polar surface area (TPSA) is 59.0 Å². The maximum absolute atomic E-state index is 12.9. The van der Waals surface area contributed by atoms with Crippen molar-refractivity contribution in [3.8, 4) is 5.69 Å². The lowest BCUT2D eigenvalue weighted by atomic mass is 10.1. The van der Waals surface area contributed by atoms with Gasteiger partial charge in [-0.3, -0.25) is 4.79 Å². The van der Waals surface area contributed by atoms with Gasteiger partial charge in [0.15, 0.2) is 0 Å². The van der Waals surface area contributed by atoms with Crippen molar-refractivity contribution in [2.45, 2.75) is 13.3 Å². The molecule has 1 atom stereocenters. The molecule has 2 rings (SSSR count). The van der Waals surface area contributed by atoms with Crippen LogP contribution >= 0.6 is 0 Å². The third kappa shape index (κ3) is 4.39. The van der Waals surface area contributed by atoms with Crippen LogP contribution in [0.2, 0.25) is 0 Å². The van der Waals surface area contributed by atoms with Gasteiger partial charge < -0.3 is 10.6 Å². The fraction of sp³-hybridized carbons (Fsp3) is 0.375. The summed E-state index contributed by atoms with van der Waals surface area (Å²) >= 11 is 0. The molecule has 1 aromatic carbocycles. The maximum atomic E-state index is 12.9. The van der Waals surface area contributed by atoms with Crippen LogP contribution in [0.5, 0.6) is 0 Å².